The van der Waals surface area contributed by atoms with Crippen molar-refractivity contribution in [2.75, 3.05) is 13.1 Å². The zero-order valence-electron chi connectivity index (χ0n) is 13.1. The third kappa shape index (κ3) is 2.74. The van der Waals surface area contributed by atoms with Crippen LogP contribution >= 0.6 is 15.9 Å². The summed E-state index contributed by atoms with van der Waals surface area (Å²) in [5, 5.41) is 7.69. The maximum Gasteiger partial charge on any atom is 0.317 e. The van der Waals surface area contributed by atoms with Gasteiger partial charge in [0.2, 0.25) is 10.0 Å². The zero-order chi connectivity index (χ0) is 17.1. The normalized spacial score (nSPS) is 31.3. The standard InChI is InChI=1S/C16H20BrN3O3S/c17-13-5-1-4-10-11(13)7-12-14(10)15(12)19-16(21)20-6-2-3-9(8-20)24(18,22)23/h1,4-5,9,12,14-15H,2-3,6-8H2,(H,19,21)(H2,18,22,23). The second-order valence-corrected chi connectivity index (χ2v) is 9.67. The van der Waals surface area contributed by atoms with Crippen molar-refractivity contribution in [1.29, 1.82) is 0 Å². The molecule has 1 saturated heterocycles. The number of halogens is 1. The number of carbonyl (C=O) groups is 1. The molecule has 4 atom stereocenters. The number of nitrogens with zero attached hydrogens (tertiary/aromatic N) is 1. The number of nitrogens with two attached hydrogens (primary N) is 1. The molecule has 6 nitrogen and oxygen atoms in total. The van der Waals surface area contributed by atoms with E-state index in [2.05, 4.69) is 33.4 Å². The van der Waals surface area contributed by atoms with Crippen LogP contribution in [0.3, 0.4) is 0 Å². The third-order valence-electron chi connectivity index (χ3n) is 5.54. The number of urea groups is 1. The number of carbonyl (C=O) groups excluding carboxylic acids is 1. The molecule has 2 aliphatic carbocycles. The van der Waals surface area contributed by atoms with Gasteiger partial charge in [-0.1, -0.05) is 28.1 Å². The molecule has 0 radical (unpaired) electrons. The lowest BCUT2D eigenvalue weighted by molar-refractivity contribution is 0.186. The monoisotopic (exact) mass is 413 g/mol. The van der Waals surface area contributed by atoms with Crippen molar-refractivity contribution in [3.8, 4) is 0 Å². The first kappa shape index (κ1) is 16.4. The van der Waals surface area contributed by atoms with Gasteiger partial charge >= 0.3 is 6.03 Å². The minimum atomic E-state index is -3.59. The molecule has 1 saturated carbocycles. The van der Waals surface area contributed by atoms with Gasteiger partial charge in [0.05, 0.1) is 5.25 Å². The number of primary sulfonamides is 1. The molecule has 0 spiro atoms. The van der Waals surface area contributed by atoms with Crippen LogP contribution in [0.15, 0.2) is 22.7 Å². The minimum Gasteiger partial charge on any atom is -0.334 e. The van der Waals surface area contributed by atoms with Gasteiger partial charge in [0.25, 0.3) is 0 Å². The van der Waals surface area contributed by atoms with Crippen LogP contribution in [0.25, 0.3) is 0 Å². The van der Waals surface area contributed by atoms with Crippen LogP contribution in [0.2, 0.25) is 0 Å². The molecule has 4 rings (SSSR count). The Morgan fingerprint density at radius 1 is 1.38 bits per heavy atom. The summed E-state index contributed by atoms with van der Waals surface area (Å²) in [4.78, 5) is 14.1. The van der Waals surface area contributed by atoms with Crippen molar-refractivity contribution < 1.29 is 13.2 Å². The molecule has 24 heavy (non-hydrogen) atoms. The maximum absolute atomic E-state index is 12.5. The van der Waals surface area contributed by atoms with Gasteiger partial charge in [-0.15, -0.1) is 0 Å². The van der Waals surface area contributed by atoms with Crippen molar-refractivity contribution >= 4 is 32.0 Å². The van der Waals surface area contributed by atoms with Crippen LogP contribution < -0.4 is 10.5 Å². The largest absolute Gasteiger partial charge is 0.334 e. The highest BCUT2D eigenvalue weighted by Gasteiger charge is 2.57. The topological polar surface area (TPSA) is 92.5 Å². The highest BCUT2D eigenvalue weighted by atomic mass is 79.9. The molecule has 130 valence electrons. The van der Waals surface area contributed by atoms with Crippen molar-refractivity contribution in [1.82, 2.24) is 10.2 Å². The number of sulfonamides is 1. The number of hydrogen-bond acceptors (Lipinski definition) is 3. The van der Waals surface area contributed by atoms with Gasteiger partial charge in [0, 0.05) is 29.5 Å². The van der Waals surface area contributed by atoms with E-state index in [9.17, 15) is 13.2 Å². The minimum absolute atomic E-state index is 0.161. The van der Waals surface area contributed by atoms with Crippen molar-refractivity contribution in [2.24, 2.45) is 11.1 Å². The number of piperidine rings is 1. The number of amides is 2. The Bertz CT molecular complexity index is 798. The molecule has 4 unspecified atom stereocenters. The summed E-state index contributed by atoms with van der Waals surface area (Å²) >= 11 is 3.59. The molecule has 3 N–H and O–H groups in total. The fraction of sp³-hybridized carbons (Fsp3) is 0.562. The number of benzene rings is 1. The van der Waals surface area contributed by atoms with Gasteiger partial charge in [0.15, 0.2) is 0 Å². The average molecular weight is 414 g/mol. The van der Waals surface area contributed by atoms with Crippen molar-refractivity contribution in [3.63, 3.8) is 0 Å². The number of nitrogens with one attached hydrogen (secondary N) is 1. The van der Waals surface area contributed by atoms with Crippen LogP contribution in [0.1, 0.15) is 29.9 Å². The quantitative estimate of drug-likeness (QED) is 0.769. The molecule has 0 aromatic heterocycles. The highest BCUT2D eigenvalue weighted by Crippen LogP contribution is 2.57. The van der Waals surface area contributed by atoms with E-state index in [1.807, 2.05) is 6.07 Å². The fourth-order valence-corrected chi connectivity index (χ4v) is 5.64. The Morgan fingerprint density at radius 2 is 2.17 bits per heavy atom. The highest BCUT2D eigenvalue weighted by molar-refractivity contribution is 9.10. The molecular weight excluding hydrogens is 394 g/mol. The molecule has 0 bridgehead atoms. The summed E-state index contributed by atoms with van der Waals surface area (Å²) in [5.74, 6) is 0.849. The second kappa shape index (κ2) is 5.71. The van der Waals surface area contributed by atoms with E-state index in [0.29, 0.717) is 31.2 Å². The first-order chi connectivity index (χ1) is 11.4. The summed E-state index contributed by atoms with van der Waals surface area (Å²) in [7, 11) is -3.59. The van der Waals surface area contributed by atoms with E-state index >= 15 is 0 Å². The molecule has 1 aromatic rings. The molecule has 1 aliphatic heterocycles. The molecule has 8 heteroatoms. The molecule has 2 amide bonds. The summed E-state index contributed by atoms with van der Waals surface area (Å²) < 4.78 is 24.2. The number of fused-ring (bicyclic) bond motifs is 3. The van der Waals surface area contributed by atoms with Crippen LogP contribution in [-0.4, -0.2) is 43.7 Å². The van der Waals surface area contributed by atoms with Crippen molar-refractivity contribution in [3.05, 3.63) is 33.8 Å². The van der Waals surface area contributed by atoms with Gasteiger partial charge in [-0.3, -0.25) is 0 Å². The first-order valence-electron chi connectivity index (χ1n) is 8.20. The molecule has 1 heterocycles. The van der Waals surface area contributed by atoms with Crippen LogP contribution in [0.5, 0.6) is 0 Å². The smallest absolute Gasteiger partial charge is 0.317 e. The second-order valence-electron chi connectivity index (χ2n) is 6.98. The van der Waals surface area contributed by atoms with E-state index in [-0.39, 0.29) is 18.6 Å². The van der Waals surface area contributed by atoms with E-state index in [1.54, 1.807) is 4.90 Å². The van der Waals surface area contributed by atoms with Gasteiger partial charge in [-0.25, -0.2) is 18.4 Å². The number of hydrogen-bond donors (Lipinski definition) is 2. The molecule has 1 aromatic carbocycles. The van der Waals surface area contributed by atoms with Crippen LogP contribution in [0.4, 0.5) is 4.79 Å². The molecule has 2 fully saturated rings. The van der Waals surface area contributed by atoms with Crippen LogP contribution in [-0.2, 0) is 16.4 Å². The maximum atomic E-state index is 12.5. The van der Waals surface area contributed by atoms with Gasteiger partial charge in [-0.2, -0.15) is 0 Å². The van der Waals surface area contributed by atoms with E-state index in [4.69, 9.17) is 5.14 Å². The Labute approximate surface area is 150 Å². The zero-order valence-corrected chi connectivity index (χ0v) is 15.5. The summed E-state index contributed by atoms with van der Waals surface area (Å²) in [6, 6.07) is 6.21. The SMILES string of the molecule is NS(=O)(=O)C1CCCN(C(=O)NC2C3Cc4c(Br)cccc4C32)C1. The third-order valence-corrected chi connectivity index (χ3v) is 7.60. The summed E-state index contributed by atoms with van der Waals surface area (Å²) in [6.45, 7) is 0.775. The van der Waals surface area contributed by atoms with Crippen LogP contribution in [0, 0.1) is 5.92 Å². The van der Waals surface area contributed by atoms with E-state index in [0.717, 1.165) is 10.9 Å². The van der Waals surface area contributed by atoms with Gasteiger partial charge in [-0.05, 0) is 42.4 Å². The number of rotatable bonds is 2. The predicted octanol–water partition coefficient (Wildman–Crippen LogP) is 1.55. The molecular formula is C16H20BrN3O3S. The van der Waals surface area contributed by atoms with Gasteiger partial charge < -0.3 is 10.2 Å². The summed E-state index contributed by atoms with van der Waals surface area (Å²) in [6.07, 6.45) is 2.17. The van der Waals surface area contributed by atoms with Crippen molar-refractivity contribution in [2.45, 2.75) is 36.5 Å². The summed E-state index contributed by atoms with van der Waals surface area (Å²) in [5.41, 5.74) is 2.67. The Kier molecular flexibility index (Phi) is 3.89. The Balaban J connectivity index is 1.40. The fourth-order valence-electron chi connectivity index (χ4n) is 4.21. The lowest BCUT2D eigenvalue weighted by Crippen LogP contribution is -2.51. The van der Waals surface area contributed by atoms with E-state index < -0.39 is 15.3 Å². The average Bonchev–Trinajstić information content (AvgIpc) is 3.04. The molecule has 3 aliphatic rings. The predicted molar refractivity (Wildman–Crippen MR) is 94.1 cm³/mol. The van der Waals surface area contributed by atoms with E-state index in [1.165, 1.54) is 11.1 Å². The van der Waals surface area contributed by atoms with Gasteiger partial charge in [0.1, 0.15) is 0 Å². The lowest BCUT2D eigenvalue weighted by atomic mass is 10.1. The number of likely N-dealkylation sites (tertiary alicyclic amines) is 1. The Morgan fingerprint density at radius 3 is 2.92 bits per heavy atom. The lowest BCUT2D eigenvalue weighted by Gasteiger charge is -2.31. The first-order valence-corrected chi connectivity index (χ1v) is 10.6. The Hall–Kier alpha value is -1.12.